The summed E-state index contributed by atoms with van der Waals surface area (Å²) in [6.07, 6.45) is -0.753. The molecule has 8 nitrogen and oxygen atoms in total. The number of nitrogens with one attached hydrogen (secondary N) is 2. The molecule has 0 saturated carbocycles. The van der Waals surface area contributed by atoms with Crippen LogP contribution in [0, 0.1) is 0 Å². The number of carboxylic acid groups (broad SMARTS) is 1. The van der Waals surface area contributed by atoms with Crippen molar-refractivity contribution in [2.24, 2.45) is 0 Å². The lowest BCUT2D eigenvalue weighted by molar-refractivity contribution is -0.142. The summed E-state index contributed by atoms with van der Waals surface area (Å²) in [5.74, 6) is -1.96. The largest absolute Gasteiger partial charge is 0.479 e. The zero-order valence-corrected chi connectivity index (χ0v) is 23.3. The summed E-state index contributed by atoms with van der Waals surface area (Å²) in [5.41, 5.74) is 5.85. The van der Waals surface area contributed by atoms with Crippen LogP contribution in [-0.2, 0) is 20.9 Å². The number of benzene rings is 4. The van der Waals surface area contributed by atoms with Gasteiger partial charge >= 0.3 is 12.1 Å². The Morgan fingerprint density at radius 1 is 0.786 bits per heavy atom. The van der Waals surface area contributed by atoms with Crippen LogP contribution in [-0.4, -0.2) is 54.2 Å². The van der Waals surface area contributed by atoms with Crippen LogP contribution in [0.5, 0.6) is 0 Å². The van der Waals surface area contributed by atoms with Gasteiger partial charge in [-0.25, -0.2) is 9.59 Å². The van der Waals surface area contributed by atoms with Crippen molar-refractivity contribution in [3.8, 4) is 11.1 Å². The summed E-state index contributed by atoms with van der Waals surface area (Å²) in [4.78, 5) is 40.5. The zero-order valence-electron chi connectivity index (χ0n) is 23.3. The Balaban J connectivity index is 1.30. The molecule has 42 heavy (non-hydrogen) atoms. The number of carbonyl (C=O) groups excluding carboxylic acids is 2. The molecule has 2 amide bonds. The molecule has 0 aromatic heterocycles. The summed E-state index contributed by atoms with van der Waals surface area (Å²) in [6, 6.07) is 31.9. The average molecular weight is 564 g/mol. The van der Waals surface area contributed by atoms with Crippen molar-refractivity contribution in [2.45, 2.75) is 24.5 Å². The number of rotatable bonds is 11. The van der Waals surface area contributed by atoms with E-state index >= 15 is 0 Å². The van der Waals surface area contributed by atoms with Gasteiger partial charge < -0.3 is 20.5 Å². The molecule has 2 unspecified atom stereocenters. The van der Waals surface area contributed by atoms with Gasteiger partial charge in [0, 0.05) is 19.0 Å². The van der Waals surface area contributed by atoms with E-state index in [-0.39, 0.29) is 19.1 Å². The average Bonchev–Trinajstić information content (AvgIpc) is 3.32. The Morgan fingerprint density at radius 3 is 1.93 bits per heavy atom. The van der Waals surface area contributed by atoms with Crippen molar-refractivity contribution in [3.63, 3.8) is 0 Å². The van der Waals surface area contributed by atoms with Crippen molar-refractivity contribution in [3.05, 3.63) is 131 Å². The second kappa shape index (κ2) is 13.1. The highest BCUT2D eigenvalue weighted by Crippen LogP contribution is 2.44. The summed E-state index contributed by atoms with van der Waals surface area (Å²) in [7, 11) is 1.83. The van der Waals surface area contributed by atoms with Gasteiger partial charge in [-0.15, -0.1) is 0 Å². The smallest absolute Gasteiger partial charge is 0.407 e. The molecule has 4 aromatic carbocycles. The van der Waals surface area contributed by atoms with E-state index in [2.05, 4.69) is 22.8 Å². The number of aliphatic carboxylic acids is 1. The molecule has 214 valence electrons. The first-order valence-electron chi connectivity index (χ1n) is 13.8. The monoisotopic (exact) mass is 563 g/mol. The zero-order chi connectivity index (χ0) is 29.5. The lowest BCUT2D eigenvalue weighted by Crippen LogP contribution is -2.53. The number of carboxylic acids is 1. The number of nitrogens with zero attached hydrogens (tertiary/aromatic N) is 1. The lowest BCUT2D eigenvalue weighted by atomic mass is 9.98. The van der Waals surface area contributed by atoms with E-state index < -0.39 is 30.1 Å². The van der Waals surface area contributed by atoms with Crippen molar-refractivity contribution >= 4 is 18.0 Å². The Bertz CT molecular complexity index is 1500. The molecule has 0 radical (unpaired) electrons. The predicted octanol–water partition coefficient (Wildman–Crippen LogP) is 4.97. The highest BCUT2D eigenvalue weighted by Gasteiger charge is 2.31. The third-order valence-corrected chi connectivity index (χ3v) is 7.41. The maximum absolute atomic E-state index is 13.5. The normalized spacial score (nSPS) is 13.5. The molecule has 0 heterocycles. The highest BCUT2D eigenvalue weighted by atomic mass is 16.5. The van der Waals surface area contributed by atoms with E-state index in [0.29, 0.717) is 12.1 Å². The number of amides is 2. The van der Waals surface area contributed by atoms with E-state index in [4.69, 9.17) is 4.74 Å². The first kappa shape index (κ1) is 28.6. The van der Waals surface area contributed by atoms with Crippen LogP contribution in [0.1, 0.15) is 34.2 Å². The van der Waals surface area contributed by atoms with Gasteiger partial charge in [0.25, 0.3) is 0 Å². The summed E-state index contributed by atoms with van der Waals surface area (Å²) < 4.78 is 5.69. The van der Waals surface area contributed by atoms with Gasteiger partial charge in [-0.1, -0.05) is 109 Å². The molecule has 1 aliphatic carbocycles. The van der Waals surface area contributed by atoms with Gasteiger partial charge in [-0.05, 0) is 40.4 Å². The van der Waals surface area contributed by atoms with E-state index in [0.717, 1.165) is 27.8 Å². The fourth-order valence-corrected chi connectivity index (χ4v) is 5.42. The molecular weight excluding hydrogens is 530 g/mol. The standard InChI is InChI=1S/C34H33N3O5/c1-37(20-23-12-4-2-5-13-23)21-30(32(38)36-31(33(39)40)24-14-6-3-7-15-24)35-34(41)42-22-29-27-18-10-8-16-25(27)26-17-9-11-19-28(26)29/h2-19,29-31H,20-22H2,1H3,(H,35,41)(H,36,38)(H,39,40). The molecule has 2 atom stereocenters. The van der Waals surface area contributed by atoms with Gasteiger partial charge in [-0.3, -0.25) is 9.69 Å². The highest BCUT2D eigenvalue weighted by molar-refractivity contribution is 5.90. The van der Waals surface area contributed by atoms with Gasteiger partial charge in [-0.2, -0.15) is 0 Å². The molecule has 0 saturated heterocycles. The molecule has 0 fully saturated rings. The van der Waals surface area contributed by atoms with Crippen LogP contribution >= 0.6 is 0 Å². The van der Waals surface area contributed by atoms with Crippen LogP contribution in [0.4, 0.5) is 4.79 Å². The van der Waals surface area contributed by atoms with Crippen LogP contribution in [0.15, 0.2) is 109 Å². The second-order valence-corrected chi connectivity index (χ2v) is 10.4. The molecular formula is C34H33N3O5. The number of hydrogen-bond acceptors (Lipinski definition) is 5. The minimum absolute atomic E-state index is 0.0931. The van der Waals surface area contributed by atoms with Crippen molar-refractivity contribution in [2.75, 3.05) is 20.2 Å². The fraction of sp³-hybridized carbons (Fsp3) is 0.206. The third-order valence-electron chi connectivity index (χ3n) is 7.41. The molecule has 8 heteroatoms. The molecule has 0 bridgehead atoms. The van der Waals surface area contributed by atoms with Gasteiger partial charge in [0.2, 0.25) is 5.91 Å². The quantitative estimate of drug-likeness (QED) is 0.238. The first-order valence-corrected chi connectivity index (χ1v) is 13.8. The number of alkyl carbamates (subject to hydrolysis) is 1. The van der Waals surface area contributed by atoms with Crippen LogP contribution in [0.3, 0.4) is 0 Å². The molecule has 5 rings (SSSR count). The van der Waals surface area contributed by atoms with Gasteiger partial charge in [0.1, 0.15) is 12.6 Å². The summed E-state index contributed by atoms with van der Waals surface area (Å²) in [5, 5.41) is 15.1. The topological polar surface area (TPSA) is 108 Å². The first-order chi connectivity index (χ1) is 20.4. The van der Waals surface area contributed by atoms with Gasteiger partial charge in [0.15, 0.2) is 6.04 Å². The number of ether oxygens (including phenoxy) is 1. The fourth-order valence-electron chi connectivity index (χ4n) is 5.42. The summed E-state index contributed by atoms with van der Waals surface area (Å²) in [6.45, 7) is 0.750. The van der Waals surface area contributed by atoms with E-state index in [1.54, 1.807) is 30.3 Å². The molecule has 1 aliphatic rings. The SMILES string of the molecule is CN(Cc1ccccc1)CC(NC(=O)OCC1c2ccccc2-c2ccccc21)C(=O)NC(C(=O)O)c1ccccc1. The number of likely N-dealkylation sites (N-methyl/N-ethyl adjacent to an activating group) is 1. The Hall–Kier alpha value is -4.95. The van der Waals surface area contributed by atoms with Crippen LogP contribution < -0.4 is 10.6 Å². The second-order valence-electron chi connectivity index (χ2n) is 10.4. The molecule has 0 aliphatic heterocycles. The third kappa shape index (κ3) is 6.67. The van der Waals surface area contributed by atoms with E-state index in [9.17, 15) is 19.5 Å². The maximum Gasteiger partial charge on any atom is 0.407 e. The van der Waals surface area contributed by atoms with E-state index in [1.807, 2.05) is 78.7 Å². The van der Waals surface area contributed by atoms with Crippen molar-refractivity contribution in [1.29, 1.82) is 0 Å². The van der Waals surface area contributed by atoms with Crippen LogP contribution in [0.2, 0.25) is 0 Å². The number of carbonyl (C=O) groups is 3. The minimum Gasteiger partial charge on any atom is -0.479 e. The molecule has 4 aromatic rings. The lowest BCUT2D eigenvalue weighted by Gasteiger charge is -2.26. The Kier molecular flexibility index (Phi) is 8.94. The van der Waals surface area contributed by atoms with Crippen LogP contribution in [0.25, 0.3) is 11.1 Å². The number of fused-ring (bicyclic) bond motifs is 3. The molecule has 3 N–H and O–H groups in total. The van der Waals surface area contributed by atoms with E-state index in [1.165, 1.54) is 0 Å². The minimum atomic E-state index is -1.27. The van der Waals surface area contributed by atoms with Crippen molar-refractivity contribution < 1.29 is 24.2 Å². The van der Waals surface area contributed by atoms with Crippen molar-refractivity contribution in [1.82, 2.24) is 15.5 Å². The van der Waals surface area contributed by atoms with Gasteiger partial charge in [0.05, 0.1) is 0 Å². The Morgan fingerprint density at radius 2 is 1.33 bits per heavy atom. The molecule has 0 spiro atoms. The Labute approximate surface area is 244 Å². The predicted molar refractivity (Wildman–Crippen MR) is 160 cm³/mol. The summed E-state index contributed by atoms with van der Waals surface area (Å²) >= 11 is 0. The number of hydrogen-bond donors (Lipinski definition) is 3. The maximum atomic E-state index is 13.5.